The molecular weight excluding hydrogens is 254 g/mol. The molecule has 1 aromatic heterocycles. The summed E-state index contributed by atoms with van der Waals surface area (Å²) in [6.07, 6.45) is 2.50. The molecule has 7 heteroatoms. The van der Waals surface area contributed by atoms with Crippen molar-refractivity contribution in [2.45, 2.75) is 13.3 Å². The number of sulfonamides is 1. The number of nitrogens with one attached hydrogen (secondary N) is 2. The van der Waals surface area contributed by atoms with Crippen LogP contribution < -0.4 is 10.0 Å². The predicted molar refractivity (Wildman–Crippen MR) is 72.3 cm³/mol. The summed E-state index contributed by atoms with van der Waals surface area (Å²) < 4.78 is 30.0. The Hall–Kier alpha value is -1.34. The molecule has 1 heterocycles. The number of anilines is 2. The second-order valence-electron chi connectivity index (χ2n) is 3.71. The first-order valence-corrected chi connectivity index (χ1v) is 7.42. The number of rotatable bonds is 8. The monoisotopic (exact) mass is 273 g/mol. The first kappa shape index (κ1) is 14.7. The normalized spacial score (nSPS) is 11.2. The summed E-state index contributed by atoms with van der Waals surface area (Å²) >= 11 is 0. The predicted octanol–water partition coefficient (Wildman–Crippen LogP) is 1.29. The van der Waals surface area contributed by atoms with Crippen LogP contribution in [0.4, 0.5) is 11.5 Å². The lowest BCUT2D eigenvalue weighted by molar-refractivity contribution is 0.198. The molecule has 0 saturated heterocycles. The SMILES string of the molecule is CCS(=O)(=O)Nc1ccc(NCCCOC)cn1. The molecule has 0 spiro atoms. The quantitative estimate of drug-likeness (QED) is 0.698. The summed E-state index contributed by atoms with van der Waals surface area (Å²) in [5.41, 5.74) is 0.852. The Morgan fingerprint density at radius 3 is 2.72 bits per heavy atom. The van der Waals surface area contributed by atoms with Gasteiger partial charge in [0.2, 0.25) is 10.0 Å². The Balaban J connectivity index is 2.47. The summed E-state index contributed by atoms with van der Waals surface area (Å²) in [6, 6.07) is 3.42. The van der Waals surface area contributed by atoms with E-state index in [1.807, 2.05) is 0 Å². The van der Waals surface area contributed by atoms with E-state index in [4.69, 9.17) is 4.74 Å². The third-order valence-corrected chi connectivity index (χ3v) is 3.54. The maximum Gasteiger partial charge on any atom is 0.233 e. The molecule has 2 N–H and O–H groups in total. The van der Waals surface area contributed by atoms with Crippen molar-refractivity contribution in [3.05, 3.63) is 18.3 Å². The van der Waals surface area contributed by atoms with Crippen LogP contribution in [0, 0.1) is 0 Å². The highest BCUT2D eigenvalue weighted by Gasteiger charge is 2.06. The molecule has 0 bridgehead atoms. The topological polar surface area (TPSA) is 80.3 Å². The number of ether oxygens (including phenoxy) is 1. The molecular formula is C11H19N3O3S. The Morgan fingerprint density at radius 2 is 2.17 bits per heavy atom. The molecule has 0 aromatic carbocycles. The van der Waals surface area contributed by atoms with Gasteiger partial charge in [0.25, 0.3) is 0 Å². The van der Waals surface area contributed by atoms with Gasteiger partial charge < -0.3 is 10.1 Å². The fraction of sp³-hybridized carbons (Fsp3) is 0.545. The molecule has 1 rings (SSSR count). The number of nitrogens with zero attached hydrogens (tertiary/aromatic N) is 1. The lowest BCUT2D eigenvalue weighted by Gasteiger charge is -2.08. The van der Waals surface area contributed by atoms with Gasteiger partial charge in [-0.15, -0.1) is 0 Å². The Morgan fingerprint density at radius 1 is 1.39 bits per heavy atom. The smallest absolute Gasteiger partial charge is 0.233 e. The maximum atomic E-state index is 11.3. The lowest BCUT2D eigenvalue weighted by Crippen LogP contribution is -2.15. The van der Waals surface area contributed by atoms with Crippen molar-refractivity contribution in [3.63, 3.8) is 0 Å². The molecule has 0 aliphatic rings. The number of aromatic nitrogens is 1. The van der Waals surface area contributed by atoms with Crippen molar-refractivity contribution in [1.29, 1.82) is 0 Å². The molecule has 0 aliphatic heterocycles. The molecule has 102 valence electrons. The van der Waals surface area contributed by atoms with Gasteiger partial charge in [-0.3, -0.25) is 4.72 Å². The zero-order chi connectivity index (χ0) is 13.4. The largest absolute Gasteiger partial charge is 0.385 e. The first-order valence-electron chi connectivity index (χ1n) is 5.76. The van der Waals surface area contributed by atoms with E-state index >= 15 is 0 Å². The van der Waals surface area contributed by atoms with Crippen LogP contribution in [-0.2, 0) is 14.8 Å². The molecule has 1 aromatic rings. The third kappa shape index (κ3) is 5.33. The zero-order valence-corrected chi connectivity index (χ0v) is 11.5. The van der Waals surface area contributed by atoms with Gasteiger partial charge in [-0.1, -0.05) is 0 Å². The van der Waals surface area contributed by atoms with Gasteiger partial charge in [0.1, 0.15) is 5.82 Å². The molecule has 0 aliphatic carbocycles. The highest BCUT2D eigenvalue weighted by Crippen LogP contribution is 2.10. The van der Waals surface area contributed by atoms with Crippen LogP contribution in [0.3, 0.4) is 0 Å². The van der Waals surface area contributed by atoms with Crippen molar-refractivity contribution < 1.29 is 13.2 Å². The molecule has 18 heavy (non-hydrogen) atoms. The molecule has 0 radical (unpaired) electrons. The van der Waals surface area contributed by atoms with Crippen LogP contribution in [0.25, 0.3) is 0 Å². The number of hydrogen-bond acceptors (Lipinski definition) is 5. The van der Waals surface area contributed by atoms with E-state index in [0.29, 0.717) is 12.4 Å². The van der Waals surface area contributed by atoms with E-state index in [1.54, 1.807) is 32.4 Å². The molecule has 0 amide bonds. The molecule has 0 atom stereocenters. The van der Waals surface area contributed by atoms with Crippen molar-refractivity contribution in [2.75, 3.05) is 36.1 Å². The first-order chi connectivity index (χ1) is 8.57. The maximum absolute atomic E-state index is 11.3. The van der Waals surface area contributed by atoms with Gasteiger partial charge >= 0.3 is 0 Å². The summed E-state index contributed by atoms with van der Waals surface area (Å²) in [5, 5.41) is 3.16. The Kier molecular flexibility index (Phi) is 5.87. The molecule has 0 fully saturated rings. The minimum absolute atomic E-state index is 0.0334. The highest BCUT2D eigenvalue weighted by atomic mass is 32.2. The van der Waals surface area contributed by atoms with E-state index in [1.165, 1.54) is 0 Å². The van der Waals surface area contributed by atoms with Crippen molar-refractivity contribution in [3.8, 4) is 0 Å². The van der Waals surface area contributed by atoms with Crippen LogP contribution >= 0.6 is 0 Å². The number of pyridine rings is 1. The number of hydrogen-bond donors (Lipinski definition) is 2. The average Bonchev–Trinajstić information content (AvgIpc) is 2.36. The zero-order valence-electron chi connectivity index (χ0n) is 10.6. The van der Waals surface area contributed by atoms with E-state index in [-0.39, 0.29) is 5.75 Å². The third-order valence-electron chi connectivity index (χ3n) is 2.26. The van der Waals surface area contributed by atoms with Gasteiger partial charge in [-0.05, 0) is 25.5 Å². The van der Waals surface area contributed by atoms with Crippen LogP contribution in [-0.4, -0.2) is 39.4 Å². The fourth-order valence-electron chi connectivity index (χ4n) is 1.24. The summed E-state index contributed by atoms with van der Waals surface area (Å²) in [7, 11) is -1.60. The van der Waals surface area contributed by atoms with Gasteiger partial charge in [-0.25, -0.2) is 13.4 Å². The minimum Gasteiger partial charge on any atom is -0.385 e. The standard InChI is InChI=1S/C11H19N3O3S/c1-3-18(15,16)14-11-6-5-10(9-13-11)12-7-4-8-17-2/h5-6,9,12H,3-4,7-8H2,1-2H3,(H,13,14). The molecule has 0 saturated carbocycles. The van der Waals surface area contributed by atoms with Gasteiger partial charge in [0.15, 0.2) is 0 Å². The van der Waals surface area contributed by atoms with Gasteiger partial charge in [-0.2, -0.15) is 0 Å². The van der Waals surface area contributed by atoms with E-state index in [0.717, 1.165) is 18.7 Å². The van der Waals surface area contributed by atoms with E-state index < -0.39 is 10.0 Å². The Labute approximate surface area is 108 Å². The van der Waals surface area contributed by atoms with Crippen LogP contribution in [0.2, 0.25) is 0 Å². The van der Waals surface area contributed by atoms with E-state index in [9.17, 15) is 8.42 Å². The van der Waals surface area contributed by atoms with Crippen LogP contribution in [0.5, 0.6) is 0 Å². The van der Waals surface area contributed by atoms with Crippen LogP contribution in [0.1, 0.15) is 13.3 Å². The fourth-order valence-corrected chi connectivity index (χ4v) is 1.82. The summed E-state index contributed by atoms with van der Waals surface area (Å²) in [4.78, 5) is 4.03. The van der Waals surface area contributed by atoms with Crippen molar-refractivity contribution in [2.24, 2.45) is 0 Å². The lowest BCUT2D eigenvalue weighted by atomic mass is 10.4. The van der Waals surface area contributed by atoms with Crippen molar-refractivity contribution >= 4 is 21.5 Å². The van der Waals surface area contributed by atoms with E-state index in [2.05, 4.69) is 15.0 Å². The van der Waals surface area contributed by atoms with Gasteiger partial charge in [0, 0.05) is 20.3 Å². The van der Waals surface area contributed by atoms with Crippen LogP contribution in [0.15, 0.2) is 18.3 Å². The molecule has 6 nitrogen and oxygen atoms in total. The second-order valence-corrected chi connectivity index (χ2v) is 5.72. The number of methoxy groups -OCH3 is 1. The second kappa shape index (κ2) is 7.17. The minimum atomic E-state index is -3.26. The van der Waals surface area contributed by atoms with Crippen molar-refractivity contribution in [1.82, 2.24) is 4.98 Å². The summed E-state index contributed by atoms with van der Waals surface area (Å²) in [6.45, 7) is 3.07. The van der Waals surface area contributed by atoms with Gasteiger partial charge in [0.05, 0.1) is 17.6 Å². The molecule has 0 unspecified atom stereocenters. The highest BCUT2D eigenvalue weighted by molar-refractivity contribution is 7.92. The Bertz CT molecular complexity index is 445. The summed E-state index contributed by atoms with van der Waals surface area (Å²) in [5.74, 6) is 0.366. The average molecular weight is 273 g/mol.